The number of fused-ring (bicyclic) bond motifs is 3. The zero-order valence-corrected chi connectivity index (χ0v) is 20.1. The Morgan fingerprint density at radius 1 is 1.15 bits per heavy atom. The van der Waals surface area contributed by atoms with Gasteiger partial charge in [0.2, 0.25) is 0 Å². The van der Waals surface area contributed by atoms with E-state index < -0.39 is 0 Å². The van der Waals surface area contributed by atoms with Crippen molar-refractivity contribution in [3.8, 4) is 0 Å². The third-order valence-corrected chi connectivity index (χ3v) is 7.95. The fraction of sp³-hybridized carbons (Fsp3) is 0.417. The molecule has 1 aromatic carbocycles. The summed E-state index contributed by atoms with van der Waals surface area (Å²) < 4.78 is 0. The number of nitrogens with one attached hydrogen (secondary N) is 1. The van der Waals surface area contributed by atoms with Crippen LogP contribution in [0.2, 0.25) is 0 Å². The largest absolute Gasteiger partial charge is 0.354 e. The monoisotopic (exact) mass is 479 g/mol. The second-order valence-corrected chi connectivity index (χ2v) is 10.3. The van der Waals surface area contributed by atoms with Crippen LogP contribution in [0.3, 0.4) is 0 Å². The molecule has 33 heavy (non-hydrogen) atoms. The minimum Gasteiger partial charge on any atom is -0.354 e. The Morgan fingerprint density at radius 2 is 2.03 bits per heavy atom. The van der Waals surface area contributed by atoms with Crippen molar-refractivity contribution in [2.45, 2.75) is 55.2 Å². The fourth-order valence-corrected chi connectivity index (χ4v) is 6.05. The first-order valence-electron chi connectivity index (χ1n) is 11.6. The third kappa shape index (κ3) is 3.89. The molecule has 1 atom stereocenters. The Hall–Kier alpha value is -2.26. The van der Waals surface area contributed by atoms with Gasteiger partial charge >= 0.3 is 0 Å². The molecule has 0 spiro atoms. The summed E-state index contributed by atoms with van der Waals surface area (Å²) in [4.78, 5) is 22.9. The van der Waals surface area contributed by atoms with Crippen LogP contribution in [0.15, 0.2) is 33.8 Å². The highest BCUT2D eigenvalue weighted by Gasteiger charge is 2.31. The van der Waals surface area contributed by atoms with Crippen molar-refractivity contribution >= 4 is 45.2 Å². The molecule has 2 aromatic heterocycles. The predicted octanol–water partition coefficient (Wildman–Crippen LogP) is 3.67. The van der Waals surface area contributed by atoms with Crippen LogP contribution in [0.5, 0.6) is 0 Å². The van der Waals surface area contributed by atoms with Gasteiger partial charge in [0.15, 0.2) is 5.16 Å². The van der Waals surface area contributed by atoms with Crippen LogP contribution in [0, 0.1) is 0 Å². The van der Waals surface area contributed by atoms with E-state index in [9.17, 15) is 0 Å². The molecular weight excluding hydrogens is 454 g/mol. The van der Waals surface area contributed by atoms with Crippen molar-refractivity contribution in [2.75, 3.05) is 24.5 Å². The third-order valence-electron chi connectivity index (χ3n) is 6.64. The van der Waals surface area contributed by atoms with E-state index in [2.05, 4.69) is 29.3 Å². The molecule has 4 heterocycles. The van der Waals surface area contributed by atoms with Crippen LogP contribution < -0.4 is 16.0 Å². The second-order valence-electron chi connectivity index (χ2n) is 8.89. The first-order chi connectivity index (χ1) is 16.1. The average Bonchev–Trinajstić information content (AvgIpc) is 3.40. The Balaban J connectivity index is 1.37. The van der Waals surface area contributed by atoms with Gasteiger partial charge in [-0.15, -0.1) is 0 Å². The van der Waals surface area contributed by atoms with Gasteiger partial charge in [-0.1, -0.05) is 18.5 Å². The molecule has 0 bridgehead atoms. The summed E-state index contributed by atoms with van der Waals surface area (Å²) in [5.41, 5.74) is 13.4. The number of halogens is 1. The molecule has 170 valence electrons. The molecule has 9 heteroatoms. The summed E-state index contributed by atoms with van der Waals surface area (Å²) in [6.45, 7) is 5.57. The maximum Gasteiger partial charge on any atom is 0.194 e. The van der Waals surface area contributed by atoms with Crippen molar-refractivity contribution in [1.29, 1.82) is 0 Å². The van der Waals surface area contributed by atoms with Gasteiger partial charge < -0.3 is 16.0 Å². The van der Waals surface area contributed by atoms with E-state index in [-0.39, 0.29) is 6.04 Å². The van der Waals surface area contributed by atoms with Crippen LogP contribution >= 0.6 is 23.4 Å². The lowest BCUT2D eigenvalue weighted by Crippen LogP contribution is -2.28. The molecular formula is C24H26ClN7S. The van der Waals surface area contributed by atoms with Gasteiger partial charge in [0.05, 0.1) is 38.7 Å². The number of hydrogen-bond acceptors (Lipinski definition) is 8. The molecule has 6 rings (SSSR count). The molecule has 3 aromatic rings. The lowest BCUT2D eigenvalue weighted by atomic mass is 10.1. The van der Waals surface area contributed by atoms with E-state index in [0.717, 1.165) is 106 Å². The quantitative estimate of drug-likeness (QED) is 0.547. The number of nitrogens with zero attached hydrogens (tertiary/aromatic N) is 5. The van der Waals surface area contributed by atoms with E-state index >= 15 is 0 Å². The number of anilines is 1. The summed E-state index contributed by atoms with van der Waals surface area (Å²) in [6.07, 6.45) is 3.58. The normalized spacial score (nSPS) is 20.0. The van der Waals surface area contributed by atoms with Crippen LogP contribution in [-0.2, 0) is 19.4 Å². The standard InChI is InChI=1S/C24H26ClN7S/c1-2-13-9-19-21(22(13)25)23(32-8-6-14(26)12-32)31-24(30-19)33-15-3-4-16-18(10-15)28-17-5-7-27-11-20(17)29-16/h3-4,10,14,27H,2,5-9,11-12,26H2,1H3/t14-/m1/s1. The van der Waals surface area contributed by atoms with E-state index in [1.165, 1.54) is 5.57 Å². The van der Waals surface area contributed by atoms with E-state index in [0.29, 0.717) is 0 Å². The van der Waals surface area contributed by atoms with Crippen LogP contribution in [0.1, 0.15) is 42.4 Å². The molecule has 1 aliphatic carbocycles. The number of nitrogens with two attached hydrogens (primary N) is 1. The summed E-state index contributed by atoms with van der Waals surface area (Å²) in [6, 6.07) is 6.39. The van der Waals surface area contributed by atoms with E-state index in [1.807, 2.05) is 6.07 Å². The number of hydrogen-bond donors (Lipinski definition) is 2. The Labute approximate surface area is 202 Å². The summed E-state index contributed by atoms with van der Waals surface area (Å²) in [7, 11) is 0. The van der Waals surface area contributed by atoms with Crippen molar-refractivity contribution < 1.29 is 0 Å². The number of benzene rings is 1. The van der Waals surface area contributed by atoms with Gasteiger partial charge in [0, 0.05) is 50.0 Å². The van der Waals surface area contributed by atoms with Crippen molar-refractivity contribution in [2.24, 2.45) is 5.73 Å². The average molecular weight is 480 g/mol. The molecule has 0 saturated carbocycles. The summed E-state index contributed by atoms with van der Waals surface area (Å²) >= 11 is 8.35. The maximum absolute atomic E-state index is 6.78. The number of allylic oxidation sites excluding steroid dienone is 1. The van der Waals surface area contributed by atoms with Gasteiger partial charge in [0.1, 0.15) is 5.82 Å². The minimum absolute atomic E-state index is 0.168. The van der Waals surface area contributed by atoms with Gasteiger partial charge in [-0.2, -0.15) is 0 Å². The zero-order valence-electron chi connectivity index (χ0n) is 18.6. The molecule has 0 radical (unpaired) electrons. The Bertz CT molecular complexity index is 1290. The van der Waals surface area contributed by atoms with Crippen LogP contribution in [0.4, 0.5) is 5.82 Å². The van der Waals surface area contributed by atoms with Crippen LogP contribution in [0.25, 0.3) is 16.1 Å². The fourth-order valence-electron chi connectivity index (χ4n) is 4.85. The molecule has 3 aliphatic rings. The number of aromatic nitrogens is 4. The summed E-state index contributed by atoms with van der Waals surface area (Å²) in [5, 5.41) is 4.92. The second kappa shape index (κ2) is 8.51. The predicted molar refractivity (Wildman–Crippen MR) is 133 cm³/mol. The zero-order chi connectivity index (χ0) is 22.5. The Kier molecular flexibility index (Phi) is 5.49. The Morgan fingerprint density at radius 3 is 2.85 bits per heavy atom. The van der Waals surface area contributed by atoms with E-state index in [1.54, 1.807) is 11.8 Å². The van der Waals surface area contributed by atoms with Crippen molar-refractivity contribution in [1.82, 2.24) is 25.3 Å². The number of rotatable bonds is 4. The highest BCUT2D eigenvalue weighted by Crippen LogP contribution is 2.43. The first-order valence-corrected chi connectivity index (χ1v) is 12.8. The lowest BCUT2D eigenvalue weighted by molar-refractivity contribution is 0.617. The molecule has 3 N–H and O–H groups in total. The van der Waals surface area contributed by atoms with E-state index in [4.69, 9.17) is 37.3 Å². The van der Waals surface area contributed by atoms with Crippen molar-refractivity contribution in [3.63, 3.8) is 0 Å². The van der Waals surface area contributed by atoms with Gasteiger partial charge in [-0.25, -0.2) is 19.9 Å². The molecule has 7 nitrogen and oxygen atoms in total. The molecule has 0 amide bonds. The first kappa shape index (κ1) is 21.3. The topological polar surface area (TPSA) is 92.8 Å². The van der Waals surface area contributed by atoms with Gasteiger partial charge in [-0.05, 0) is 48.4 Å². The summed E-state index contributed by atoms with van der Waals surface area (Å²) in [5.74, 6) is 0.922. The van der Waals surface area contributed by atoms with Gasteiger partial charge in [0.25, 0.3) is 0 Å². The van der Waals surface area contributed by atoms with Crippen molar-refractivity contribution in [3.05, 3.63) is 46.4 Å². The molecule has 2 aliphatic heterocycles. The lowest BCUT2D eigenvalue weighted by Gasteiger charge is -2.21. The smallest absolute Gasteiger partial charge is 0.194 e. The van der Waals surface area contributed by atoms with Crippen LogP contribution in [-0.4, -0.2) is 45.6 Å². The maximum atomic E-state index is 6.78. The molecule has 1 saturated heterocycles. The molecule has 1 fully saturated rings. The highest BCUT2D eigenvalue weighted by molar-refractivity contribution is 7.99. The minimum atomic E-state index is 0.168. The molecule has 0 unspecified atom stereocenters. The van der Waals surface area contributed by atoms with Gasteiger partial charge in [-0.3, -0.25) is 0 Å². The highest BCUT2D eigenvalue weighted by atomic mass is 35.5. The SMILES string of the molecule is CCC1=C(Cl)c2c(nc(Sc3ccc4nc5c(nc4c3)CCNC5)nc2N2CC[C@@H](N)C2)C1.